The molecule has 0 aliphatic carbocycles. The maximum absolute atomic E-state index is 4.10. The van der Waals surface area contributed by atoms with Gasteiger partial charge < -0.3 is 14.5 Å². The lowest BCUT2D eigenvalue weighted by molar-refractivity contribution is 0.766. The summed E-state index contributed by atoms with van der Waals surface area (Å²) in [5.41, 5.74) is 3.50. The Kier molecular flexibility index (Phi) is 3.54. The molecule has 3 aromatic rings. The lowest BCUT2D eigenvalue weighted by Gasteiger charge is -2.11. The fourth-order valence-electron chi connectivity index (χ4n) is 2.24. The topological polar surface area (TPSA) is 34.8 Å². The van der Waals surface area contributed by atoms with Crippen LogP contribution in [0.3, 0.4) is 0 Å². The average Bonchev–Trinajstić information content (AvgIpc) is 3.17. The number of aromatic nitrogens is 3. The molecule has 102 valence electrons. The molecule has 0 saturated carbocycles. The highest BCUT2D eigenvalue weighted by Crippen LogP contribution is 2.20. The fourth-order valence-corrected chi connectivity index (χ4v) is 2.24. The molecule has 4 nitrogen and oxygen atoms in total. The van der Waals surface area contributed by atoms with Crippen LogP contribution >= 0.6 is 0 Å². The summed E-state index contributed by atoms with van der Waals surface area (Å²) in [4.78, 5) is 4.10. The van der Waals surface area contributed by atoms with Gasteiger partial charge in [0.15, 0.2) is 0 Å². The summed E-state index contributed by atoms with van der Waals surface area (Å²) in [6.45, 7) is 3.97. The summed E-state index contributed by atoms with van der Waals surface area (Å²) in [5.74, 6) is 0. The van der Waals surface area contributed by atoms with Gasteiger partial charge in [0.1, 0.15) is 0 Å². The minimum atomic E-state index is 0.818. The predicted molar refractivity (Wildman–Crippen MR) is 81.0 cm³/mol. The molecule has 0 spiro atoms. The molecule has 1 N–H and O–H groups in total. The van der Waals surface area contributed by atoms with Crippen LogP contribution in [0, 0.1) is 0 Å². The van der Waals surface area contributed by atoms with Crippen molar-refractivity contribution in [3.05, 3.63) is 67.0 Å². The molecule has 3 rings (SSSR count). The predicted octanol–water partition coefficient (Wildman–Crippen LogP) is 3.31. The Hall–Kier alpha value is -2.49. The van der Waals surface area contributed by atoms with Gasteiger partial charge in [-0.25, -0.2) is 4.98 Å². The average molecular weight is 266 g/mol. The zero-order valence-corrected chi connectivity index (χ0v) is 11.5. The number of hydrogen-bond donors (Lipinski definition) is 1. The molecule has 2 heterocycles. The van der Waals surface area contributed by atoms with E-state index in [4.69, 9.17) is 0 Å². The quantitative estimate of drug-likeness (QED) is 0.769. The molecule has 1 aromatic carbocycles. The van der Waals surface area contributed by atoms with Crippen molar-refractivity contribution >= 4 is 5.69 Å². The number of nitrogens with zero attached hydrogens (tertiary/aromatic N) is 3. The van der Waals surface area contributed by atoms with Crippen molar-refractivity contribution in [1.29, 1.82) is 0 Å². The molecule has 0 fully saturated rings. The van der Waals surface area contributed by atoms with Gasteiger partial charge in [-0.05, 0) is 30.7 Å². The second-order valence-electron chi connectivity index (χ2n) is 4.69. The Morgan fingerprint density at radius 3 is 2.80 bits per heavy atom. The van der Waals surface area contributed by atoms with E-state index in [9.17, 15) is 0 Å². The van der Waals surface area contributed by atoms with Crippen LogP contribution in [-0.4, -0.2) is 14.1 Å². The van der Waals surface area contributed by atoms with Crippen LogP contribution in [0.2, 0.25) is 0 Å². The highest BCUT2D eigenvalue weighted by molar-refractivity contribution is 5.61. The molecular formula is C16H18N4. The van der Waals surface area contributed by atoms with Crippen molar-refractivity contribution in [1.82, 2.24) is 14.1 Å². The highest BCUT2D eigenvalue weighted by atomic mass is 15.1. The Morgan fingerprint density at radius 1 is 1.15 bits per heavy atom. The van der Waals surface area contributed by atoms with Gasteiger partial charge in [-0.15, -0.1) is 0 Å². The van der Waals surface area contributed by atoms with Crippen LogP contribution in [0.25, 0.3) is 5.69 Å². The minimum absolute atomic E-state index is 0.818. The second-order valence-corrected chi connectivity index (χ2v) is 4.69. The summed E-state index contributed by atoms with van der Waals surface area (Å²) in [6, 6.07) is 10.4. The molecule has 0 saturated heterocycles. The second kappa shape index (κ2) is 5.65. The largest absolute Gasteiger partial charge is 0.379 e. The molecule has 2 aromatic heterocycles. The van der Waals surface area contributed by atoms with Crippen LogP contribution in [0.15, 0.2) is 61.4 Å². The maximum atomic E-state index is 4.10. The number of imidazole rings is 1. The molecule has 0 amide bonds. The monoisotopic (exact) mass is 266 g/mol. The number of hydrogen-bond acceptors (Lipinski definition) is 2. The van der Waals surface area contributed by atoms with E-state index in [1.165, 1.54) is 5.56 Å². The van der Waals surface area contributed by atoms with Gasteiger partial charge in [0, 0.05) is 37.9 Å². The minimum Gasteiger partial charge on any atom is -0.379 e. The number of rotatable bonds is 5. The molecular weight excluding hydrogens is 248 g/mol. The molecule has 0 aliphatic rings. The third kappa shape index (κ3) is 2.59. The number of para-hydroxylation sites is 2. The number of nitrogens with one attached hydrogen (secondary N) is 1. The van der Waals surface area contributed by atoms with Crippen molar-refractivity contribution in [2.45, 2.75) is 20.0 Å². The molecule has 4 heteroatoms. The van der Waals surface area contributed by atoms with E-state index in [-0.39, 0.29) is 0 Å². The Labute approximate surface area is 118 Å². The van der Waals surface area contributed by atoms with E-state index in [1.807, 2.05) is 29.2 Å². The van der Waals surface area contributed by atoms with Gasteiger partial charge in [0.2, 0.25) is 0 Å². The standard InChI is InChI=1S/C16H18N4/c1-2-19-9-7-14(12-19)11-18-15-5-3-4-6-16(15)20-10-8-17-13-20/h3-10,12-13,18H,2,11H2,1H3. The van der Waals surface area contributed by atoms with Crippen LogP contribution in [-0.2, 0) is 13.1 Å². The van der Waals surface area contributed by atoms with Gasteiger partial charge in [-0.2, -0.15) is 0 Å². The Morgan fingerprint density at radius 2 is 2.05 bits per heavy atom. The van der Waals surface area contributed by atoms with Crippen LogP contribution in [0.1, 0.15) is 12.5 Å². The van der Waals surface area contributed by atoms with Crippen LogP contribution < -0.4 is 5.32 Å². The highest BCUT2D eigenvalue weighted by Gasteiger charge is 2.03. The van der Waals surface area contributed by atoms with E-state index in [1.54, 1.807) is 6.20 Å². The summed E-state index contributed by atoms with van der Waals surface area (Å²) in [7, 11) is 0. The van der Waals surface area contributed by atoms with Gasteiger partial charge in [-0.3, -0.25) is 0 Å². The number of aryl methyl sites for hydroxylation is 1. The molecule has 0 bridgehead atoms. The third-order valence-electron chi connectivity index (χ3n) is 3.35. The zero-order valence-electron chi connectivity index (χ0n) is 11.5. The van der Waals surface area contributed by atoms with Gasteiger partial charge in [0.25, 0.3) is 0 Å². The van der Waals surface area contributed by atoms with Crippen molar-refractivity contribution in [3.63, 3.8) is 0 Å². The van der Waals surface area contributed by atoms with Crippen molar-refractivity contribution in [2.75, 3.05) is 5.32 Å². The lowest BCUT2D eigenvalue weighted by atomic mass is 10.2. The first-order valence-corrected chi connectivity index (χ1v) is 6.82. The molecule has 0 atom stereocenters. The van der Waals surface area contributed by atoms with Crippen LogP contribution in [0.5, 0.6) is 0 Å². The maximum Gasteiger partial charge on any atom is 0.0992 e. The molecule has 0 unspecified atom stereocenters. The first-order valence-electron chi connectivity index (χ1n) is 6.82. The van der Waals surface area contributed by atoms with E-state index in [2.05, 4.69) is 52.4 Å². The third-order valence-corrected chi connectivity index (χ3v) is 3.35. The van der Waals surface area contributed by atoms with Crippen molar-refractivity contribution < 1.29 is 0 Å². The van der Waals surface area contributed by atoms with Crippen molar-refractivity contribution in [3.8, 4) is 5.69 Å². The number of anilines is 1. The number of benzene rings is 1. The first kappa shape index (κ1) is 12.5. The normalized spacial score (nSPS) is 10.7. The summed E-state index contributed by atoms with van der Waals surface area (Å²) >= 11 is 0. The van der Waals surface area contributed by atoms with Crippen LogP contribution in [0.4, 0.5) is 5.69 Å². The SMILES string of the molecule is CCn1ccc(CNc2ccccc2-n2ccnc2)c1. The van der Waals surface area contributed by atoms with Gasteiger partial charge >= 0.3 is 0 Å². The van der Waals surface area contributed by atoms with Gasteiger partial charge in [-0.1, -0.05) is 12.1 Å². The van der Waals surface area contributed by atoms with E-state index < -0.39 is 0 Å². The van der Waals surface area contributed by atoms with E-state index in [0.717, 1.165) is 24.5 Å². The molecule has 0 radical (unpaired) electrons. The Balaban J connectivity index is 1.77. The fraction of sp³-hybridized carbons (Fsp3) is 0.188. The lowest BCUT2D eigenvalue weighted by Crippen LogP contribution is -2.03. The van der Waals surface area contributed by atoms with Crippen molar-refractivity contribution in [2.24, 2.45) is 0 Å². The first-order chi connectivity index (χ1) is 9.86. The van der Waals surface area contributed by atoms with Gasteiger partial charge in [0.05, 0.1) is 17.7 Å². The molecule has 20 heavy (non-hydrogen) atoms. The Bertz CT molecular complexity index is 667. The summed E-state index contributed by atoms with van der Waals surface area (Å²) < 4.78 is 4.19. The van der Waals surface area contributed by atoms with E-state index in [0.29, 0.717) is 0 Å². The summed E-state index contributed by atoms with van der Waals surface area (Å²) in [6.07, 6.45) is 9.84. The summed E-state index contributed by atoms with van der Waals surface area (Å²) in [5, 5.41) is 3.49. The van der Waals surface area contributed by atoms with E-state index >= 15 is 0 Å². The zero-order chi connectivity index (χ0) is 13.8. The molecule has 0 aliphatic heterocycles. The smallest absolute Gasteiger partial charge is 0.0992 e.